The highest BCUT2D eigenvalue weighted by Gasteiger charge is 2.10. The Balaban J connectivity index is 2.06. The first-order valence-corrected chi connectivity index (χ1v) is 6.76. The highest BCUT2D eigenvalue weighted by Crippen LogP contribution is 2.20. The molecule has 9 heteroatoms. The number of benzene rings is 2. The Morgan fingerprint density at radius 2 is 1.62 bits per heavy atom. The van der Waals surface area contributed by atoms with Crippen LogP contribution in [0.3, 0.4) is 0 Å². The van der Waals surface area contributed by atoms with Crippen LogP contribution >= 0.6 is 0 Å². The maximum Gasteiger partial charge on any atom is 0.270 e. The Labute approximate surface area is 135 Å². The van der Waals surface area contributed by atoms with Crippen LogP contribution in [0.25, 0.3) is 0 Å². The summed E-state index contributed by atoms with van der Waals surface area (Å²) in [6.07, 6.45) is 0.139. The lowest BCUT2D eigenvalue weighted by Crippen LogP contribution is -2.03. The van der Waals surface area contributed by atoms with Crippen molar-refractivity contribution in [1.82, 2.24) is 0 Å². The number of rotatable bonds is 6. The minimum Gasteiger partial charge on any atom is -0.872 e. The van der Waals surface area contributed by atoms with E-state index in [4.69, 9.17) is 0 Å². The molecule has 2 aromatic carbocycles. The van der Waals surface area contributed by atoms with Crippen molar-refractivity contribution in [2.75, 3.05) is 6.54 Å². The van der Waals surface area contributed by atoms with E-state index < -0.39 is 21.7 Å². The minimum atomic E-state index is -1.02. The molecule has 1 N–H and O–H groups in total. The lowest BCUT2D eigenvalue weighted by molar-refractivity contribution is -0.385. The van der Waals surface area contributed by atoms with Gasteiger partial charge in [-0.05, 0) is 23.3 Å². The summed E-state index contributed by atoms with van der Waals surface area (Å²) >= 11 is 0. The second kappa shape index (κ2) is 7.29. The van der Waals surface area contributed by atoms with Crippen LogP contribution in [-0.4, -0.2) is 27.7 Å². The Hall–Kier alpha value is -3.33. The smallest absolute Gasteiger partial charge is 0.270 e. The van der Waals surface area contributed by atoms with Crippen molar-refractivity contribution in [1.29, 1.82) is 0 Å². The van der Waals surface area contributed by atoms with Crippen molar-refractivity contribution in [2.24, 2.45) is 4.99 Å². The van der Waals surface area contributed by atoms with Gasteiger partial charge < -0.3 is 10.2 Å². The fourth-order valence-corrected chi connectivity index (χ4v) is 1.92. The minimum absolute atomic E-state index is 0.0418. The number of hydrogen-bond donors (Lipinski definition) is 1. The Bertz CT molecular complexity index is 788. The van der Waals surface area contributed by atoms with E-state index in [1.54, 1.807) is 0 Å². The topological polar surface area (TPSA) is 142 Å². The van der Waals surface area contributed by atoms with Crippen LogP contribution in [0.4, 0.5) is 11.4 Å². The molecule has 0 aromatic heterocycles. The van der Waals surface area contributed by atoms with Crippen LogP contribution in [0.15, 0.2) is 47.5 Å². The number of aliphatic hydroxyl groups is 1. The van der Waals surface area contributed by atoms with Crippen molar-refractivity contribution < 1.29 is 20.1 Å². The van der Waals surface area contributed by atoms with E-state index in [9.17, 15) is 30.4 Å². The molecule has 24 heavy (non-hydrogen) atoms. The van der Waals surface area contributed by atoms with Crippen LogP contribution in [0.5, 0.6) is 5.75 Å². The molecule has 0 unspecified atom stereocenters. The molecule has 2 aromatic rings. The SMILES string of the molecule is O=[N+]([O-])c1ccc([C@H](O)CN=Cc2cc([N+](=O)[O-])ccc2[O-])cc1. The first-order chi connectivity index (χ1) is 11.4. The summed E-state index contributed by atoms with van der Waals surface area (Å²) in [6, 6.07) is 8.62. The summed E-state index contributed by atoms with van der Waals surface area (Å²) < 4.78 is 0. The van der Waals surface area contributed by atoms with E-state index >= 15 is 0 Å². The predicted octanol–water partition coefficient (Wildman–Crippen LogP) is 1.73. The molecule has 0 aliphatic heterocycles. The zero-order valence-electron chi connectivity index (χ0n) is 12.2. The largest absolute Gasteiger partial charge is 0.872 e. The summed E-state index contributed by atoms with van der Waals surface area (Å²) in [5, 5.41) is 42.8. The zero-order valence-corrected chi connectivity index (χ0v) is 12.2. The predicted molar refractivity (Wildman–Crippen MR) is 83.1 cm³/mol. The Kier molecular flexibility index (Phi) is 5.17. The fraction of sp³-hybridized carbons (Fsp3) is 0.133. The lowest BCUT2D eigenvalue weighted by Gasteiger charge is -2.10. The molecule has 0 aliphatic rings. The van der Waals surface area contributed by atoms with Crippen LogP contribution in [0.1, 0.15) is 17.2 Å². The molecular weight excluding hydrogens is 318 g/mol. The van der Waals surface area contributed by atoms with Gasteiger partial charge in [0.2, 0.25) is 0 Å². The van der Waals surface area contributed by atoms with Crippen molar-refractivity contribution >= 4 is 17.6 Å². The van der Waals surface area contributed by atoms with Gasteiger partial charge in [-0.25, -0.2) is 0 Å². The summed E-state index contributed by atoms with van der Waals surface area (Å²) in [5.74, 6) is -0.422. The van der Waals surface area contributed by atoms with E-state index in [1.165, 1.54) is 24.3 Å². The maximum atomic E-state index is 11.6. The summed E-state index contributed by atoms with van der Waals surface area (Å²) in [4.78, 5) is 24.0. The van der Waals surface area contributed by atoms with Gasteiger partial charge in [0.05, 0.1) is 22.5 Å². The molecule has 0 aliphatic carbocycles. The standard InChI is InChI=1S/C15H13N3O6/c19-14-6-5-13(18(23)24)7-11(14)8-16-9-15(20)10-1-3-12(4-2-10)17(21)22/h1-8,15,19-20H,9H2/p-1/t15-/m1/s1. The molecule has 2 rings (SSSR count). The van der Waals surface area contributed by atoms with Crippen LogP contribution in [0, 0.1) is 20.2 Å². The van der Waals surface area contributed by atoms with Gasteiger partial charge in [-0.15, -0.1) is 0 Å². The van der Waals surface area contributed by atoms with Crippen LogP contribution in [0.2, 0.25) is 0 Å². The Morgan fingerprint density at radius 3 is 2.21 bits per heavy atom. The number of non-ortho nitro benzene ring substituents is 2. The number of nitrogens with zero attached hydrogens (tertiary/aromatic N) is 3. The van der Waals surface area contributed by atoms with Gasteiger partial charge in [-0.1, -0.05) is 11.8 Å². The number of hydrogen-bond acceptors (Lipinski definition) is 7. The average Bonchev–Trinajstić information content (AvgIpc) is 2.56. The van der Waals surface area contributed by atoms with Crippen molar-refractivity contribution in [3.05, 3.63) is 73.8 Å². The van der Waals surface area contributed by atoms with Gasteiger partial charge in [0.25, 0.3) is 11.4 Å². The third kappa shape index (κ3) is 4.11. The molecule has 124 valence electrons. The molecule has 0 heterocycles. The molecule has 0 amide bonds. The van der Waals surface area contributed by atoms with E-state index in [0.29, 0.717) is 5.56 Å². The second-order valence-electron chi connectivity index (χ2n) is 4.84. The Morgan fingerprint density at radius 1 is 1.04 bits per heavy atom. The molecular formula is C15H12N3O6-. The number of nitro benzene ring substituents is 2. The molecule has 0 saturated heterocycles. The molecule has 0 fully saturated rings. The number of nitro groups is 2. The summed E-state index contributed by atoms with van der Waals surface area (Å²) in [5.41, 5.74) is 0.147. The van der Waals surface area contributed by atoms with Crippen LogP contribution in [-0.2, 0) is 0 Å². The fourth-order valence-electron chi connectivity index (χ4n) is 1.92. The number of aliphatic imine (C=N–C) groups is 1. The van der Waals surface area contributed by atoms with Crippen molar-refractivity contribution in [3.63, 3.8) is 0 Å². The monoisotopic (exact) mass is 330 g/mol. The normalized spacial score (nSPS) is 12.2. The highest BCUT2D eigenvalue weighted by atomic mass is 16.6. The number of aliphatic hydroxyl groups excluding tert-OH is 1. The van der Waals surface area contributed by atoms with Crippen LogP contribution < -0.4 is 5.11 Å². The van der Waals surface area contributed by atoms with E-state index in [-0.39, 0.29) is 23.5 Å². The summed E-state index contributed by atoms with van der Waals surface area (Å²) in [6.45, 7) is -0.0973. The third-order valence-electron chi connectivity index (χ3n) is 3.20. The highest BCUT2D eigenvalue weighted by molar-refractivity contribution is 5.84. The molecule has 0 saturated carbocycles. The zero-order chi connectivity index (χ0) is 17.7. The van der Waals surface area contributed by atoms with Gasteiger partial charge in [0.1, 0.15) is 0 Å². The molecule has 0 spiro atoms. The summed E-state index contributed by atoms with van der Waals surface area (Å²) in [7, 11) is 0. The second-order valence-corrected chi connectivity index (χ2v) is 4.84. The molecule has 9 nitrogen and oxygen atoms in total. The first-order valence-electron chi connectivity index (χ1n) is 6.76. The molecule has 0 radical (unpaired) electrons. The van der Waals surface area contributed by atoms with Crippen molar-refractivity contribution in [3.8, 4) is 5.75 Å². The van der Waals surface area contributed by atoms with Crippen molar-refractivity contribution in [2.45, 2.75) is 6.10 Å². The van der Waals surface area contributed by atoms with Gasteiger partial charge in [0, 0.05) is 30.5 Å². The third-order valence-corrected chi connectivity index (χ3v) is 3.20. The van der Waals surface area contributed by atoms with E-state index in [0.717, 1.165) is 24.4 Å². The van der Waals surface area contributed by atoms with E-state index in [2.05, 4.69) is 4.99 Å². The van der Waals surface area contributed by atoms with E-state index in [1.807, 2.05) is 0 Å². The quantitative estimate of drug-likeness (QED) is 0.485. The van der Waals surface area contributed by atoms with Gasteiger partial charge in [-0.2, -0.15) is 0 Å². The molecule has 1 atom stereocenters. The maximum absolute atomic E-state index is 11.6. The average molecular weight is 330 g/mol. The molecule has 0 bridgehead atoms. The van der Waals surface area contributed by atoms with Gasteiger partial charge in [0.15, 0.2) is 0 Å². The van der Waals surface area contributed by atoms with Gasteiger partial charge in [-0.3, -0.25) is 25.2 Å². The van der Waals surface area contributed by atoms with Gasteiger partial charge >= 0.3 is 0 Å². The lowest BCUT2D eigenvalue weighted by atomic mass is 10.1. The first kappa shape index (κ1) is 17.0.